The van der Waals surface area contributed by atoms with Crippen molar-refractivity contribution < 1.29 is 14.3 Å². The number of para-hydroxylation sites is 1. The molecule has 1 aromatic rings. The van der Waals surface area contributed by atoms with Crippen LogP contribution in [0.15, 0.2) is 24.3 Å². The quantitative estimate of drug-likeness (QED) is 0.704. The Hall–Kier alpha value is -1.59. The Balaban J connectivity index is 1.43. The SMILES string of the molecule is CCN(CC)C(=O)C[C@@H]1CC2(CCN(CC3CCOCC3)CC2)Oc2ccccc21. The van der Waals surface area contributed by atoms with Gasteiger partial charge in [-0.15, -0.1) is 0 Å². The van der Waals surface area contributed by atoms with Gasteiger partial charge in [0.15, 0.2) is 0 Å². The minimum atomic E-state index is -0.116. The average molecular weight is 415 g/mol. The van der Waals surface area contributed by atoms with Crippen molar-refractivity contribution in [2.45, 2.75) is 63.9 Å². The first-order valence-electron chi connectivity index (χ1n) is 12.0. The molecule has 2 fully saturated rings. The molecule has 0 unspecified atom stereocenters. The number of carbonyl (C=O) groups is 1. The van der Waals surface area contributed by atoms with Crippen LogP contribution in [0.25, 0.3) is 0 Å². The average Bonchev–Trinajstić information content (AvgIpc) is 2.77. The van der Waals surface area contributed by atoms with E-state index in [1.165, 1.54) is 24.9 Å². The molecule has 5 heteroatoms. The van der Waals surface area contributed by atoms with Crippen molar-refractivity contribution in [1.29, 1.82) is 0 Å². The highest BCUT2D eigenvalue weighted by Crippen LogP contribution is 2.46. The summed E-state index contributed by atoms with van der Waals surface area (Å²) in [5, 5.41) is 0. The van der Waals surface area contributed by atoms with Gasteiger partial charge in [0.1, 0.15) is 11.4 Å². The van der Waals surface area contributed by atoms with E-state index in [2.05, 4.69) is 43.0 Å². The lowest BCUT2D eigenvalue weighted by atomic mass is 9.76. The summed E-state index contributed by atoms with van der Waals surface area (Å²) in [6.07, 6.45) is 6.06. The van der Waals surface area contributed by atoms with Gasteiger partial charge in [-0.25, -0.2) is 0 Å². The molecule has 2 saturated heterocycles. The molecular weight excluding hydrogens is 376 g/mol. The highest BCUT2D eigenvalue weighted by atomic mass is 16.5. The van der Waals surface area contributed by atoms with E-state index in [4.69, 9.17) is 9.47 Å². The third-order valence-electron chi connectivity index (χ3n) is 7.47. The van der Waals surface area contributed by atoms with Crippen molar-refractivity contribution >= 4 is 5.91 Å². The second kappa shape index (κ2) is 9.69. The van der Waals surface area contributed by atoms with E-state index in [0.29, 0.717) is 6.42 Å². The van der Waals surface area contributed by atoms with Gasteiger partial charge in [0.25, 0.3) is 0 Å². The predicted molar refractivity (Wildman–Crippen MR) is 119 cm³/mol. The second-order valence-electron chi connectivity index (χ2n) is 9.35. The monoisotopic (exact) mass is 414 g/mol. The first-order valence-corrected chi connectivity index (χ1v) is 12.0. The summed E-state index contributed by atoms with van der Waals surface area (Å²) in [4.78, 5) is 17.5. The van der Waals surface area contributed by atoms with Crippen molar-refractivity contribution in [1.82, 2.24) is 9.80 Å². The summed E-state index contributed by atoms with van der Waals surface area (Å²) in [5.74, 6) is 2.30. The maximum atomic E-state index is 12.9. The fourth-order valence-corrected chi connectivity index (χ4v) is 5.59. The zero-order valence-electron chi connectivity index (χ0n) is 18.8. The third kappa shape index (κ3) is 4.83. The van der Waals surface area contributed by atoms with Crippen molar-refractivity contribution in [3.8, 4) is 5.75 Å². The van der Waals surface area contributed by atoms with Crippen molar-refractivity contribution in [2.75, 3.05) is 45.9 Å². The molecule has 3 heterocycles. The molecule has 0 aliphatic carbocycles. The molecule has 1 spiro atoms. The highest BCUT2D eigenvalue weighted by molar-refractivity contribution is 5.77. The maximum absolute atomic E-state index is 12.9. The minimum Gasteiger partial charge on any atom is -0.487 e. The van der Waals surface area contributed by atoms with Gasteiger partial charge in [-0.2, -0.15) is 0 Å². The normalized spacial score (nSPS) is 24.3. The number of piperidine rings is 1. The van der Waals surface area contributed by atoms with Crippen LogP contribution in [0.4, 0.5) is 0 Å². The number of benzene rings is 1. The fourth-order valence-electron chi connectivity index (χ4n) is 5.59. The molecule has 3 aliphatic heterocycles. The molecule has 1 amide bonds. The van der Waals surface area contributed by atoms with E-state index >= 15 is 0 Å². The topological polar surface area (TPSA) is 42.0 Å². The van der Waals surface area contributed by atoms with Gasteiger partial charge < -0.3 is 19.3 Å². The number of ether oxygens (including phenoxy) is 2. The Morgan fingerprint density at radius 1 is 1.13 bits per heavy atom. The van der Waals surface area contributed by atoms with Crippen molar-refractivity contribution in [3.63, 3.8) is 0 Å². The molecular formula is C25H38N2O3. The van der Waals surface area contributed by atoms with E-state index < -0.39 is 0 Å². The van der Waals surface area contributed by atoms with E-state index in [0.717, 1.165) is 70.3 Å². The number of nitrogens with zero attached hydrogens (tertiary/aromatic N) is 2. The lowest BCUT2D eigenvalue weighted by molar-refractivity contribution is -0.131. The van der Waals surface area contributed by atoms with Gasteiger partial charge in [-0.3, -0.25) is 4.79 Å². The van der Waals surface area contributed by atoms with E-state index in [1.807, 2.05) is 4.90 Å². The number of hydrogen-bond donors (Lipinski definition) is 0. The third-order valence-corrected chi connectivity index (χ3v) is 7.47. The lowest BCUT2D eigenvalue weighted by Gasteiger charge is -2.47. The van der Waals surface area contributed by atoms with Gasteiger partial charge in [0.05, 0.1) is 0 Å². The van der Waals surface area contributed by atoms with Crippen LogP contribution in [0.1, 0.15) is 63.9 Å². The van der Waals surface area contributed by atoms with Crippen LogP contribution < -0.4 is 4.74 Å². The number of rotatable bonds is 6. The van der Waals surface area contributed by atoms with Crippen molar-refractivity contribution in [2.24, 2.45) is 5.92 Å². The molecule has 1 atom stereocenters. The summed E-state index contributed by atoms with van der Waals surface area (Å²) < 4.78 is 12.2. The molecule has 0 aromatic heterocycles. The van der Waals surface area contributed by atoms with E-state index in [9.17, 15) is 4.79 Å². The van der Waals surface area contributed by atoms with Crippen LogP contribution in [0.2, 0.25) is 0 Å². The largest absolute Gasteiger partial charge is 0.487 e. The van der Waals surface area contributed by atoms with Crippen LogP contribution in [-0.2, 0) is 9.53 Å². The number of likely N-dealkylation sites (tertiary alicyclic amines) is 1. The Bertz CT molecular complexity index is 704. The Kier molecular flexibility index (Phi) is 6.99. The smallest absolute Gasteiger partial charge is 0.223 e. The van der Waals surface area contributed by atoms with Crippen LogP contribution >= 0.6 is 0 Å². The molecule has 0 radical (unpaired) electrons. The number of hydrogen-bond acceptors (Lipinski definition) is 4. The van der Waals surface area contributed by atoms with Gasteiger partial charge in [0, 0.05) is 58.3 Å². The second-order valence-corrected chi connectivity index (χ2v) is 9.35. The van der Waals surface area contributed by atoms with Gasteiger partial charge in [-0.05, 0) is 63.5 Å². The Morgan fingerprint density at radius 3 is 2.53 bits per heavy atom. The summed E-state index contributed by atoms with van der Waals surface area (Å²) >= 11 is 0. The van der Waals surface area contributed by atoms with Crippen LogP contribution in [0, 0.1) is 5.92 Å². The minimum absolute atomic E-state index is 0.116. The summed E-state index contributed by atoms with van der Waals surface area (Å²) in [6.45, 7) is 10.9. The fraction of sp³-hybridized carbons (Fsp3) is 0.720. The molecule has 0 bridgehead atoms. The first-order chi connectivity index (χ1) is 14.6. The number of carbonyl (C=O) groups excluding carboxylic acids is 1. The zero-order valence-corrected chi connectivity index (χ0v) is 18.8. The Labute approximate surface area is 181 Å². The van der Waals surface area contributed by atoms with Crippen molar-refractivity contribution in [3.05, 3.63) is 29.8 Å². The molecule has 166 valence electrons. The van der Waals surface area contributed by atoms with Crippen LogP contribution in [0.3, 0.4) is 0 Å². The summed E-state index contributed by atoms with van der Waals surface area (Å²) in [5.41, 5.74) is 1.10. The van der Waals surface area contributed by atoms with Gasteiger partial charge >= 0.3 is 0 Å². The summed E-state index contributed by atoms with van der Waals surface area (Å²) in [7, 11) is 0. The molecule has 0 N–H and O–H groups in total. The van der Waals surface area contributed by atoms with E-state index in [-0.39, 0.29) is 17.4 Å². The highest BCUT2D eigenvalue weighted by Gasteiger charge is 2.44. The maximum Gasteiger partial charge on any atom is 0.223 e. The van der Waals surface area contributed by atoms with E-state index in [1.54, 1.807) is 0 Å². The molecule has 3 aliphatic rings. The van der Waals surface area contributed by atoms with Crippen LogP contribution in [0.5, 0.6) is 5.75 Å². The molecule has 30 heavy (non-hydrogen) atoms. The standard InChI is InChI=1S/C25H38N2O3/c1-3-27(4-2)24(28)17-21-18-25(30-23-8-6-5-7-22(21)23)11-13-26(14-12-25)19-20-9-15-29-16-10-20/h5-8,20-21H,3-4,9-19H2,1-2H3/t21-/m1/s1. The lowest BCUT2D eigenvalue weighted by Crippen LogP contribution is -2.51. The van der Waals surface area contributed by atoms with Gasteiger partial charge in [-0.1, -0.05) is 18.2 Å². The zero-order chi connectivity index (χ0) is 21.0. The molecule has 0 saturated carbocycles. The number of fused-ring (bicyclic) bond motifs is 1. The number of amides is 1. The van der Waals surface area contributed by atoms with Gasteiger partial charge in [0.2, 0.25) is 5.91 Å². The molecule has 4 rings (SSSR count). The first kappa shape index (κ1) is 21.6. The summed E-state index contributed by atoms with van der Waals surface area (Å²) in [6, 6.07) is 8.38. The molecule has 1 aromatic carbocycles. The Morgan fingerprint density at radius 2 is 1.83 bits per heavy atom. The molecule has 5 nitrogen and oxygen atoms in total. The van der Waals surface area contributed by atoms with Crippen LogP contribution in [-0.4, -0.2) is 67.2 Å². The predicted octanol–water partition coefficient (Wildman–Crippen LogP) is 4.07.